The number of carbonyl (C=O) groups excluding carboxylic acids is 1. The molecular formula is C6H7F3N4O. The van der Waals surface area contributed by atoms with E-state index in [1.54, 1.807) is 0 Å². The van der Waals surface area contributed by atoms with Gasteiger partial charge in [-0.25, -0.2) is 0 Å². The van der Waals surface area contributed by atoms with E-state index in [0.29, 0.717) is 0 Å². The van der Waals surface area contributed by atoms with Crippen molar-refractivity contribution < 1.29 is 18.0 Å². The predicted molar refractivity (Wildman–Crippen MR) is 41.2 cm³/mol. The first-order valence-electron chi connectivity index (χ1n) is 3.53. The van der Waals surface area contributed by atoms with Gasteiger partial charge >= 0.3 is 6.18 Å². The molecule has 4 N–H and O–H groups in total. The first-order valence-corrected chi connectivity index (χ1v) is 3.53. The molecule has 1 atom stereocenters. The molecule has 14 heavy (non-hydrogen) atoms. The van der Waals surface area contributed by atoms with Gasteiger partial charge in [0.1, 0.15) is 0 Å². The Bertz CT molecular complexity index is 307. The van der Waals surface area contributed by atoms with Gasteiger partial charge in [-0.05, 0) is 0 Å². The smallest absolute Gasteiger partial charge is 0.322 e. The van der Waals surface area contributed by atoms with E-state index in [1.807, 2.05) is 5.32 Å². The molecule has 1 rings (SSSR count). The predicted octanol–water partition coefficient (Wildman–Crippen LogP) is 0.238. The molecule has 0 aliphatic rings. The minimum Gasteiger partial charge on any atom is -0.322 e. The van der Waals surface area contributed by atoms with E-state index in [2.05, 4.69) is 15.9 Å². The van der Waals surface area contributed by atoms with Gasteiger partial charge in [-0.15, -0.1) is 0 Å². The molecule has 1 aromatic rings. The Hall–Kier alpha value is -1.57. The topological polar surface area (TPSA) is 83.8 Å². The van der Waals surface area contributed by atoms with Crippen LogP contribution in [0.25, 0.3) is 0 Å². The third-order valence-corrected chi connectivity index (χ3v) is 1.40. The first-order chi connectivity index (χ1) is 6.41. The highest BCUT2D eigenvalue weighted by Gasteiger charge is 2.42. The molecule has 78 valence electrons. The van der Waals surface area contributed by atoms with Crippen molar-refractivity contribution in [1.29, 1.82) is 0 Å². The van der Waals surface area contributed by atoms with Gasteiger partial charge in [0.15, 0.2) is 6.04 Å². The molecule has 0 bridgehead atoms. The molecule has 0 aromatic carbocycles. The number of nitrogens with two attached hydrogens (primary N) is 1. The molecule has 8 heteroatoms. The number of hydrogen-bond acceptors (Lipinski definition) is 3. The Kier molecular flexibility index (Phi) is 2.75. The molecule has 0 aliphatic heterocycles. The van der Waals surface area contributed by atoms with Crippen LogP contribution in [0.2, 0.25) is 0 Å². The molecule has 1 amide bonds. The van der Waals surface area contributed by atoms with Crippen molar-refractivity contribution in [2.75, 3.05) is 5.32 Å². The number of amides is 1. The lowest BCUT2D eigenvalue weighted by Crippen LogP contribution is -2.47. The number of rotatable bonds is 2. The van der Waals surface area contributed by atoms with E-state index < -0.39 is 18.1 Å². The fraction of sp³-hybridized carbons (Fsp3) is 0.333. The van der Waals surface area contributed by atoms with Crippen LogP contribution in [0.5, 0.6) is 0 Å². The van der Waals surface area contributed by atoms with Crippen molar-refractivity contribution in [3.8, 4) is 0 Å². The summed E-state index contributed by atoms with van der Waals surface area (Å²) in [5, 5.41) is 7.71. The summed E-state index contributed by atoms with van der Waals surface area (Å²) >= 11 is 0. The van der Waals surface area contributed by atoms with E-state index in [4.69, 9.17) is 0 Å². The van der Waals surface area contributed by atoms with Gasteiger partial charge in [-0.1, -0.05) is 0 Å². The van der Waals surface area contributed by atoms with E-state index in [1.165, 1.54) is 12.4 Å². The summed E-state index contributed by atoms with van der Waals surface area (Å²) in [4.78, 5) is 10.9. The largest absolute Gasteiger partial charge is 0.412 e. The maximum Gasteiger partial charge on any atom is 0.412 e. The summed E-state index contributed by atoms with van der Waals surface area (Å²) in [5.74, 6) is -1.32. The Labute approximate surface area is 76.5 Å². The number of halogens is 3. The molecule has 0 radical (unpaired) electrons. The fourth-order valence-corrected chi connectivity index (χ4v) is 0.688. The average Bonchev–Trinajstić information content (AvgIpc) is 2.53. The van der Waals surface area contributed by atoms with E-state index in [9.17, 15) is 18.0 Å². The van der Waals surface area contributed by atoms with Gasteiger partial charge < -0.3 is 11.1 Å². The lowest BCUT2D eigenvalue weighted by molar-refractivity contribution is -0.159. The zero-order valence-electron chi connectivity index (χ0n) is 6.80. The van der Waals surface area contributed by atoms with E-state index in [-0.39, 0.29) is 5.69 Å². The molecular weight excluding hydrogens is 201 g/mol. The number of anilines is 1. The number of nitrogens with one attached hydrogen (secondary N) is 2. The SMILES string of the molecule is NC(C(=O)Nc1cn[nH]c1)C(F)(F)F. The van der Waals surface area contributed by atoms with Crippen LogP contribution in [0.3, 0.4) is 0 Å². The maximum atomic E-state index is 11.9. The molecule has 0 spiro atoms. The summed E-state index contributed by atoms with van der Waals surface area (Å²) in [6, 6.07) is -2.53. The molecule has 0 saturated heterocycles. The van der Waals surface area contributed by atoms with Crippen molar-refractivity contribution in [2.24, 2.45) is 5.73 Å². The third kappa shape index (κ3) is 2.46. The lowest BCUT2D eigenvalue weighted by Gasteiger charge is -2.14. The Balaban J connectivity index is 2.59. The summed E-state index contributed by atoms with van der Waals surface area (Å²) in [7, 11) is 0. The van der Waals surface area contributed by atoms with Crippen molar-refractivity contribution in [3.05, 3.63) is 12.4 Å². The fourth-order valence-electron chi connectivity index (χ4n) is 0.688. The van der Waals surface area contributed by atoms with Crippen LogP contribution in [0, 0.1) is 0 Å². The Morgan fingerprint density at radius 3 is 2.71 bits per heavy atom. The van der Waals surface area contributed by atoms with Crippen LogP contribution < -0.4 is 11.1 Å². The van der Waals surface area contributed by atoms with Gasteiger partial charge in [-0.2, -0.15) is 18.3 Å². The molecule has 1 heterocycles. The number of hydrogen-bond donors (Lipinski definition) is 3. The standard InChI is InChI=1S/C6H7F3N4O/c7-6(8,9)4(10)5(14)13-3-1-11-12-2-3/h1-2,4H,10H2,(H,11,12)(H,13,14). The van der Waals surface area contributed by atoms with Crippen molar-refractivity contribution in [1.82, 2.24) is 10.2 Å². The molecule has 0 fully saturated rings. The summed E-state index contributed by atoms with van der Waals surface area (Å²) < 4.78 is 35.8. The average molecular weight is 208 g/mol. The van der Waals surface area contributed by atoms with Crippen LogP contribution in [0.1, 0.15) is 0 Å². The highest BCUT2D eigenvalue weighted by Crippen LogP contribution is 2.19. The zero-order chi connectivity index (χ0) is 10.8. The van der Waals surface area contributed by atoms with E-state index >= 15 is 0 Å². The zero-order valence-corrected chi connectivity index (χ0v) is 6.80. The Morgan fingerprint density at radius 1 is 1.64 bits per heavy atom. The quantitative estimate of drug-likeness (QED) is 0.650. The summed E-state index contributed by atoms with van der Waals surface area (Å²) in [6.45, 7) is 0. The van der Waals surface area contributed by atoms with Gasteiger partial charge in [0.25, 0.3) is 5.91 Å². The number of nitrogens with zero attached hydrogens (tertiary/aromatic N) is 1. The second kappa shape index (κ2) is 3.66. The molecule has 1 unspecified atom stereocenters. The van der Waals surface area contributed by atoms with Crippen molar-refractivity contribution in [3.63, 3.8) is 0 Å². The van der Waals surface area contributed by atoms with Gasteiger partial charge in [0, 0.05) is 6.20 Å². The highest BCUT2D eigenvalue weighted by atomic mass is 19.4. The normalized spacial score (nSPS) is 13.7. The number of aromatic nitrogens is 2. The number of alkyl halides is 3. The Morgan fingerprint density at radius 2 is 2.29 bits per heavy atom. The third-order valence-electron chi connectivity index (χ3n) is 1.40. The summed E-state index contributed by atoms with van der Waals surface area (Å²) in [6.07, 6.45) is -2.34. The van der Waals surface area contributed by atoms with Crippen molar-refractivity contribution in [2.45, 2.75) is 12.2 Å². The lowest BCUT2D eigenvalue weighted by atomic mass is 10.3. The molecule has 0 saturated carbocycles. The molecule has 0 aliphatic carbocycles. The summed E-state index contributed by atoms with van der Waals surface area (Å²) in [5.41, 5.74) is 4.78. The van der Waals surface area contributed by atoms with Crippen LogP contribution in [-0.2, 0) is 4.79 Å². The van der Waals surface area contributed by atoms with Crippen molar-refractivity contribution >= 4 is 11.6 Å². The minimum absolute atomic E-state index is 0.134. The van der Waals surface area contributed by atoms with E-state index in [0.717, 1.165) is 0 Å². The first kappa shape index (κ1) is 10.5. The monoisotopic (exact) mass is 208 g/mol. The maximum absolute atomic E-state index is 11.9. The number of carbonyl (C=O) groups is 1. The van der Waals surface area contributed by atoms with Crippen LogP contribution in [0.15, 0.2) is 12.4 Å². The van der Waals surface area contributed by atoms with Crippen LogP contribution in [0.4, 0.5) is 18.9 Å². The molecule has 5 nitrogen and oxygen atoms in total. The minimum atomic E-state index is -4.74. The van der Waals surface area contributed by atoms with Crippen LogP contribution in [-0.4, -0.2) is 28.3 Å². The molecule has 1 aromatic heterocycles. The highest BCUT2D eigenvalue weighted by molar-refractivity contribution is 5.94. The van der Waals surface area contributed by atoms with Crippen LogP contribution >= 0.6 is 0 Å². The van der Waals surface area contributed by atoms with Gasteiger partial charge in [0.05, 0.1) is 11.9 Å². The van der Waals surface area contributed by atoms with Gasteiger partial charge in [-0.3, -0.25) is 9.89 Å². The number of aromatic amines is 1. The van der Waals surface area contributed by atoms with Gasteiger partial charge in [0.2, 0.25) is 0 Å². The second-order valence-electron chi connectivity index (χ2n) is 2.50. The number of H-pyrrole nitrogens is 1. The second-order valence-corrected chi connectivity index (χ2v) is 2.50.